The Morgan fingerprint density at radius 3 is 2.71 bits per heavy atom. The average molecular weight is 294 g/mol. The van der Waals surface area contributed by atoms with E-state index in [-0.39, 0.29) is 11.7 Å². The summed E-state index contributed by atoms with van der Waals surface area (Å²) < 4.78 is 0. The topological polar surface area (TPSA) is 99.2 Å². The molecule has 1 fully saturated rings. The summed E-state index contributed by atoms with van der Waals surface area (Å²) in [6, 6.07) is 0. The van der Waals surface area contributed by atoms with E-state index < -0.39 is 17.4 Å². The third-order valence-corrected chi connectivity index (χ3v) is 4.04. The molecule has 7 heteroatoms. The number of carboxylic acids is 1. The summed E-state index contributed by atoms with van der Waals surface area (Å²) in [5.74, 6) is -0.505. The van der Waals surface area contributed by atoms with Crippen LogP contribution in [0.1, 0.15) is 68.8 Å². The lowest BCUT2D eigenvalue weighted by Gasteiger charge is -2.33. The zero-order valence-electron chi connectivity index (χ0n) is 12.7. The molecule has 0 bridgehead atoms. The molecule has 21 heavy (non-hydrogen) atoms. The maximum absolute atomic E-state index is 12.6. The van der Waals surface area contributed by atoms with Crippen molar-refractivity contribution in [2.24, 2.45) is 0 Å². The molecule has 116 valence electrons. The van der Waals surface area contributed by atoms with Crippen molar-refractivity contribution in [3.63, 3.8) is 0 Å². The van der Waals surface area contributed by atoms with Gasteiger partial charge in [0.2, 0.25) is 5.82 Å². The Balaban J connectivity index is 2.29. The molecule has 2 N–H and O–H groups in total. The SMILES string of the molecule is CCCC1(C(=O)O)CCCN1C(=O)c1n[nH]c(C(C)C)n1. The summed E-state index contributed by atoms with van der Waals surface area (Å²) in [5, 5.41) is 16.3. The van der Waals surface area contributed by atoms with Gasteiger partial charge in [-0.15, -0.1) is 5.10 Å². The van der Waals surface area contributed by atoms with Crippen molar-refractivity contribution < 1.29 is 14.7 Å². The normalized spacial score (nSPS) is 22.0. The first kappa shape index (κ1) is 15.5. The van der Waals surface area contributed by atoms with E-state index in [1.165, 1.54) is 4.90 Å². The van der Waals surface area contributed by atoms with Gasteiger partial charge in [0.25, 0.3) is 5.91 Å². The van der Waals surface area contributed by atoms with Gasteiger partial charge in [-0.1, -0.05) is 27.2 Å². The van der Waals surface area contributed by atoms with Gasteiger partial charge in [0.1, 0.15) is 11.4 Å². The molecular formula is C14H22N4O3. The van der Waals surface area contributed by atoms with Crippen LogP contribution in [0.25, 0.3) is 0 Å². The number of amides is 1. The average Bonchev–Trinajstić information content (AvgIpc) is 3.05. The number of nitrogens with one attached hydrogen (secondary N) is 1. The number of nitrogens with zero attached hydrogens (tertiary/aromatic N) is 3. The van der Waals surface area contributed by atoms with Crippen molar-refractivity contribution in [1.29, 1.82) is 0 Å². The van der Waals surface area contributed by atoms with Crippen LogP contribution >= 0.6 is 0 Å². The number of likely N-dealkylation sites (tertiary alicyclic amines) is 1. The standard InChI is InChI=1S/C14H22N4O3/c1-4-6-14(13(20)21)7-5-8-18(14)12(19)11-15-10(9(2)3)16-17-11/h9H,4-8H2,1-3H3,(H,20,21)(H,15,16,17). The Morgan fingerprint density at radius 2 is 2.19 bits per heavy atom. The zero-order chi connectivity index (χ0) is 15.6. The summed E-state index contributed by atoms with van der Waals surface area (Å²) in [7, 11) is 0. The highest BCUT2D eigenvalue weighted by atomic mass is 16.4. The van der Waals surface area contributed by atoms with Gasteiger partial charge in [-0.05, 0) is 19.3 Å². The molecule has 1 amide bonds. The van der Waals surface area contributed by atoms with Crippen LogP contribution in [0.15, 0.2) is 0 Å². The van der Waals surface area contributed by atoms with Crippen LogP contribution in [0.4, 0.5) is 0 Å². The van der Waals surface area contributed by atoms with Crippen molar-refractivity contribution in [2.45, 2.75) is 57.9 Å². The number of hydrogen-bond donors (Lipinski definition) is 2. The number of hydrogen-bond acceptors (Lipinski definition) is 4. The van der Waals surface area contributed by atoms with E-state index in [1.54, 1.807) is 0 Å². The minimum atomic E-state index is -1.11. The monoisotopic (exact) mass is 294 g/mol. The third-order valence-electron chi connectivity index (χ3n) is 4.04. The molecule has 2 rings (SSSR count). The molecule has 7 nitrogen and oxygen atoms in total. The summed E-state index contributed by atoms with van der Waals surface area (Å²) in [6.07, 6.45) is 2.35. The van der Waals surface area contributed by atoms with Gasteiger partial charge in [0.05, 0.1) is 0 Å². The molecule has 1 aliphatic rings. The lowest BCUT2D eigenvalue weighted by Crippen LogP contribution is -2.53. The molecule has 1 atom stereocenters. The second-order valence-corrected chi connectivity index (χ2v) is 5.85. The number of H-pyrrole nitrogens is 1. The lowest BCUT2D eigenvalue weighted by molar-refractivity contribution is -0.148. The minimum absolute atomic E-state index is 0.0577. The fourth-order valence-electron chi connectivity index (χ4n) is 2.93. The molecule has 0 spiro atoms. The van der Waals surface area contributed by atoms with Crippen LogP contribution < -0.4 is 0 Å². The molecule has 1 aromatic heterocycles. The minimum Gasteiger partial charge on any atom is -0.479 e. The van der Waals surface area contributed by atoms with Crippen LogP contribution in [0, 0.1) is 0 Å². The molecule has 0 aliphatic carbocycles. The largest absolute Gasteiger partial charge is 0.479 e. The first-order chi connectivity index (χ1) is 9.92. The number of carbonyl (C=O) groups is 2. The van der Waals surface area contributed by atoms with Crippen LogP contribution in [-0.4, -0.2) is 49.1 Å². The summed E-state index contributed by atoms with van der Waals surface area (Å²) in [5.41, 5.74) is -1.11. The van der Waals surface area contributed by atoms with Crippen molar-refractivity contribution in [3.8, 4) is 0 Å². The van der Waals surface area contributed by atoms with Crippen LogP contribution in [-0.2, 0) is 4.79 Å². The quantitative estimate of drug-likeness (QED) is 0.862. The number of carbonyl (C=O) groups excluding carboxylic acids is 1. The predicted octanol–water partition coefficient (Wildman–Crippen LogP) is 1.79. The second kappa shape index (κ2) is 5.83. The Morgan fingerprint density at radius 1 is 1.48 bits per heavy atom. The smallest absolute Gasteiger partial charge is 0.329 e. The number of carboxylic acid groups (broad SMARTS) is 1. The molecule has 1 unspecified atom stereocenters. The molecule has 2 heterocycles. The molecule has 0 saturated carbocycles. The molecule has 0 radical (unpaired) electrons. The third kappa shape index (κ3) is 2.64. The van der Waals surface area contributed by atoms with Crippen LogP contribution in [0.5, 0.6) is 0 Å². The maximum Gasteiger partial charge on any atom is 0.329 e. The van der Waals surface area contributed by atoms with Crippen molar-refractivity contribution >= 4 is 11.9 Å². The highest BCUT2D eigenvalue weighted by Crippen LogP contribution is 2.34. The van der Waals surface area contributed by atoms with E-state index in [4.69, 9.17) is 0 Å². The molecular weight excluding hydrogens is 272 g/mol. The van der Waals surface area contributed by atoms with Crippen LogP contribution in [0.3, 0.4) is 0 Å². The molecule has 0 aromatic carbocycles. The van der Waals surface area contributed by atoms with E-state index in [2.05, 4.69) is 15.2 Å². The molecule has 1 aliphatic heterocycles. The fraction of sp³-hybridized carbons (Fsp3) is 0.714. The van der Waals surface area contributed by atoms with Gasteiger partial charge in [-0.3, -0.25) is 9.89 Å². The summed E-state index contributed by atoms with van der Waals surface area (Å²) >= 11 is 0. The van der Waals surface area contributed by atoms with Gasteiger partial charge < -0.3 is 10.0 Å². The summed E-state index contributed by atoms with van der Waals surface area (Å²) in [4.78, 5) is 30.0. The fourth-order valence-corrected chi connectivity index (χ4v) is 2.93. The first-order valence-corrected chi connectivity index (χ1v) is 7.40. The number of aromatic nitrogens is 3. The Kier molecular flexibility index (Phi) is 4.29. The van der Waals surface area contributed by atoms with E-state index in [9.17, 15) is 14.7 Å². The first-order valence-electron chi connectivity index (χ1n) is 7.40. The highest BCUT2D eigenvalue weighted by molar-refractivity contribution is 5.95. The van der Waals surface area contributed by atoms with Gasteiger partial charge >= 0.3 is 5.97 Å². The maximum atomic E-state index is 12.6. The zero-order valence-corrected chi connectivity index (χ0v) is 12.7. The second-order valence-electron chi connectivity index (χ2n) is 5.85. The molecule has 1 aromatic rings. The Hall–Kier alpha value is -1.92. The van der Waals surface area contributed by atoms with Gasteiger partial charge in [-0.25, -0.2) is 9.78 Å². The van der Waals surface area contributed by atoms with Crippen molar-refractivity contribution in [2.75, 3.05) is 6.54 Å². The van der Waals surface area contributed by atoms with Gasteiger partial charge in [0.15, 0.2) is 0 Å². The highest BCUT2D eigenvalue weighted by Gasteiger charge is 2.50. The van der Waals surface area contributed by atoms with E-state index in [1.807, 2.05) is 20.8 Å². The Bertz CT molecular complexity index is 540. The van der Waals surface area contributed by atoms with Crippen molar-refractivity contribution in [1.82, 2.24) is 20.1 Å². The number of aliphatic carboxylic acids is 1. The molecule has 1 saturated heterocycles. The lowest BCUT2D eigenvalue weighted by atomic mass is 9.90. The van der Waals surface area contributed by atoms with E-state index in [0.29, 0.717) is 38.1 Å². The Labute approximate surface area is 123 Å². The van der Waals surface area contributed by atoms with Crippen molar-refractivity contribution in [3.05, 3.63) is 11.6 Å². The van der Waals surface area contributed by atoms with E-state index in [0.717, 1.165) is 0 Å². The van der Waals surface area contributed by atoms with Crippen LogP contribution in [0.2, 0.25) is 0 Å². The summed E-state index contributed by atoms with van der Waals surface area (Å²) in [6.45, 7) is 6.26. The van der Waals surface area contributed by atoms with E-state index >= 15 is 0 Å². The van der Waals surface area contributed by atoms with Gasteiger partial charge in [0, 0.05) is 12.5 Å². The number of rotatable bonds is 5. The number of aromatic amines is 1. The van der Waals surface area contributed by atoms with Gasteiger partial charge in [-0.2, -0.15) is 0 Å². The predicted molar refractivity (Wildman–Crippen MR) is 76.0 cm³/mol.